The number of benzene rings is 2. The molecule has 11 heteroatoms. The molecule has 2 aromatic carbocycles. The van der Waals surface area contributed by atoms with Crippen LogP contribution in [0.15, 0.2) is 47.4 Å². The maximum Gasteiger partial charge on any atom is 0.256 e. The molecule has 0 spiro atoms. The van der Waals surface area contributed by atoms with E-state index in [2.05, 4.69) is 10.4 Å². The molecule has 1 aromatic heterocycles. The number of nitrogens with zero attached hydrogens (tertiary/aromatic N) is 3. The van der Waals surface area contributed by atoms with Gasteiger partial charge in [-0.25, -0.2) is 21.5 Å². The van der Waals surface area contributed by atoms with Crippen molar-refractivity contribution in [1.82, 2.24) is 14.1 Å². The first-order valence-electron chi connectivity index (χ1n) is 11.4. The largest absolute Gasteiger partial charge is 0.306 e. The van der Waals surface area contributed by atoms with E-state index in [0.29, 0.717) is 35.9 Å². The fraction of sp³-hybridized carbons (Fsp3) is 0.333. The fourth-order valence-corrected chi connectivity index (χ4v) is 7.46. The summed E-state index contributed by atoms with van der Waals surface area (Å²) in [5, 5.41) is 7.33. The van der Waals surface area contributed by atoms with Crippen LogP contribution in [-0.4, -0.2) is 49.9 Å². The van der Waals surface area contributed by atoms with Crippen LogP contribution < -0.4 is 5.32 Å². The molecule has 0 unspecified atom stereocenters. The molecule has 1 fully saturated rings. The second-order valence-corrected chi connectivity index (χ2v) is 13.1. The SMILES string of the molecule is Cc1ccc(-n2nc3c(c2NC(=O)c2ccc(S(=O)(=O)N4CCCC4)cc2)CS(=O)(=O)C3)cc1C. The maximum absolute atomic E-state index is 13.1. The molecular weight excluding hydrogens is 488 g/mol. The molecule has 3 heterocycles. The lowest BCUT2D eigenvalue weighted by molar-refractivity contribution is 0.102. The third-order valence-corrected chi connectivity index (χ3v) is 9.93. The highest BCUT2D eigenvalue weighted by atomic mass is 32.2. The number of rotatable bonds is 5. The predicted molar refractivity (Wildman–Crippen MR) is 132 cm³/mol. The summed E-state index contributed by atoms with van der Waals surface area (Å²) < 4.78 is 53.0. The number of sulfonamides is 1. The van der Waals surface area contributed by atoms with Crippen molar-refractivity contribution in [3.05, 3.63) is 70.4 Å². The van der Waals surface area contributed by atoms with Gasteiger partial charge in [0.1, 0.15) is 5.82 Å². The van der Waals surface area contributed by atoms with Gasteiger partial charge in [0.25, 0.3) is 5.91 Å². The first kappa shape index (κ1) is 23.7. The van der Waals surface area contributed by atoms with Gasteiger partial charge in [-0.15, -0.1) is 0 Å². The second kappa shape index (κ2) is 8.58. The number of amides is 1. The molecule has 1 N–H and O–H groups in total. The average Bonchev–Trinajstić information content (AvgIpc) is 3.52. The molecule has 2 aliphatic rings. The number of anilines is 1. The summed E-state index contributed by atoms with van der Waals surface area (Å²) in [6.45, 7) is 4.96. The number of hydrogen-bond acceptors (Lipinski definition) is 6. The van der Waals surface area contributed by atoms with Gasteiger partial charge < -0.3 is 5.32 Å². The van der Waals surface area contributed by atoms with Crippen LogP contribution in [0.4, 0.5) is 5.82 Å². The van der Waals surface area contributed by atoms with Crippen LogP contribution in [0.1, 0.15) is 45.6 Å². The summed E-state index contributed by atoms with van der Waals surface area (Å²) in [6, 6.07) is 11.5. The summed E-state index contributed by atoms with van der Waals surface area (Å²) in [5.74, 6) is -0.544. The highest BCUT2D eigenvalue weighted by molar-refractivity contribution is 7.90. The molecule has 0 aliphatic carbocycles. The minimum absolute atomic E-state index is 0.142. The summed E-state index contributed by atoms with van der Waals surface area (Å²) in [5.41, 5.74) is 4.01. The van der Waals surface area contributed by atoms with Crippen molar-refractivity contribution in [2.75, 3.05) is 18.4 Å². The number of sulfone groups is 1. The minimum Gasteiger partial charge on any atom is -0.306 e. The van der Waals surface area contributed by atoms with Crippen molar-refractivity contribution in [3.63, 3.8) is 0 Å². The highest BCUT2D eigenvalue weighted by Crippen LogP contribution is 2.33. The molecule has 0 saturated carbocycles. The summed E-state index contributed by atoms with van der Waals surface area (Å²) in [6.07, 6.45) is 1.68. The Bertz CT molecular complexity index is 1540. The molecule has 0 radical (unpaired) electrons. The van der Waals surface area contributed by atoms with E-state index >= 15 is 0 Å². The summed E-state index contributed by atoms with van der Waals surface area (Å²) >= 11 is 0. The van der Waals surface area contributed by atoms with Gasteiger partial charge in [0.2, 0.25) is 10.0 Å². The summed E-state index contributed by atoms with van der Waals surface area (Å²) in [4.78, 5) is 13.3. The standard InChI is InChI=1S/C24H26N4O5S2/c1-16-5-8-19(13-17(16)2)28-23(21-14-34(30,31)15-22(21)26-28)25-24(29)18-6-9-20(10-7-18)35(32,33)27-11-3-4-12-27/h5-10,13H,3-4,11-12,14-15H2,1-2H3,(H,25,29). The van der Waals surface area contributed by atoms with Gasteiger partial charge in [0, 0.05) is 24.2 Å². The Balaban J connectivity index is 1.46. The van der Waals surface area contributed by atoms with Crippen molar-refractivity contribution < 1.29 is 21.6 Å². The van der Waals surface area contributed by atoms with Crippen LogP contribution in [-0.2, 0) is 31.4 Å². The molecule has 1 amide bonds. The Labute approximate surface area is 204 Å². The van der Waals surface area contributed by atoms with Gasteiger partial charge >= 0.3 is 0 Å². The van der Waals surface area contributed by atoms with Crippen LogP contribution in [0.3, 0.4) is 0 Å². The Morgan fingerprint density at radius 3 is 2.31 bits per heavy atom. The van der Waals surface area contributed by atoms with Gasteiger partial charge in [0.15, 0.2) is 9.84 Å². The third-order valence-electron chi connectivity index (χ3n) is 6.57. The van der Waals surface area contributed by atoms with Crippen LogP contribution in [0.25, 0.3) is 5.69 Å². The van der Waals surface area contributed by atoms with Crippen LogP contribution >= 0.6 is 0 Å². The van der Waals surface area contributed by atoms with Crippen molar-refractivity contribution >= 4 is 31.6 Å². The maximum atomic E-state index is 13.1. The van der Waals surface area contributed by atoms with E-state index in [4.69, 9.17) is 0 Å². The zero-order valence-corrected chi connectivity index (χ0v) is 21.1. The van der Waals surface area contributed by atoms with E-state index < -0.39 is 25.8 Å². The molecule has 9 nitrogen and oxygen atoms in total. The first-order chi connectivity index (χ1) is 16.5. The number of hydrogen-bond donors (Lipinski definition) is 1. The van der Waals surface area contributed by atoms with E-state index in [1.807, 2.05) is 32.0 Å². The van der Waals surface area contributed by atoms with Crippen LogP contribution in [0.5, 0.6) is 0 Å². The third kappa shape index (κ3) is 4.39. The lowest BCUT2D eigenvalue weighted by atomic mass is 10.1. The zero-order chi connectivity index (χ0) is 25.0. The Kier molecular flexibility index (Phi) is 5.81. The summed E-state index contributed by atoms with van der Waals surface area (Å²) in [7, 11) is -6.91. The fourth-order valence-electron chi connectivity index (χ4n) is 4.45. The van der Waals surface area contributed by atoms with Gasteiger partial charge in [-0.3, -0.25) is 4.79 Å². The lowest BCUT2D eigenvalue weighted by Crippen LogP contribution is -2.27. The lowest BCUT2D eigenvalue weighted by Gasteiger charge is -2.16. The quantitative estimate of drug-likeness (QED) is 0.559. The first-order valence-corrected chi connectivity index (χ1v) is 14.6. The molecule has 2 aliphatic heterocycles. The van der Waals surface area contributed by atoms with Gasteiger partial charge in [-0.2, -0.15) is 9.40 Å². The van der Waals surface area contributed by atoms with E-state index in [9.17, 15) is 21.6 Å². The van der Waals surface area contributed by atoms with Gasteiger partial charge in [-0.05, 0) is 74.2 Å². The number of nitrogens with one attached hydrogen (secondary N) is 1. The molecular formula is C24H26N4O5S2. The minimum atomic E-state index is -3.58. The van der Waals surface area contributed by atoms with Crippen LogP contribution in [0, 0.1) is 13.8 Å². The highest BCUT2D eigenvalue weighted by Gasteiger charge is 2.33. The zero-order valence-electron chi connectivity index (χ0n) is 19.5. The molecule has 0 atom stereocenters. The molecule has 5 rings (SSSR count). The van der Waals surface area contributed by atoms with Gasteiger partial charge in [0.05, 0.1) is 27.8 Å². The number of carbonyl (C=O) groups is 1. The molecule has 35 heavy (non-hydrogen) atoms. The van der Waals surface area contributed by atoms with Crippen molar-refractivity contribution in [3.8, 4) is 5.69 Å². The van der Waals surface area contributed by atoms with E-state index in [1.165, 1.54) is 28.6 Å². The van der Waals surface area contributed by atoms with E-state index in [-0.39, 0.29) is 22.0 Å². The monoisotopic (exact) mass is 514 g/mol. The smallest absolute Gasteiger partial charge is 0.256 e. The Morgan fingerprint density at radius 1 is 0.971 bits per heavy atom. The van der Waals surface area contributed by atoms with Crippen molar-refractivity contribution in [2.45, 2.75) is 43.1 Å². The number of carbonyl (C=O) groups excluding carboxylic acids is 1. The van der Waals surface area contributed by atoms with Crippen molar-refractivity contribution in [1.29, 1.82) is 0 Å². The number of aryl methyl sites for hydroxylation is 2. The Hall–Kier alpha value is -3.02. The van der Waals surface area contributed by atoms with Crippen molar-refractivity contribution in [2.24, 2.45) is 0 Å². The number of fused-ring (bicyclic) bond motifs is 1. The Morgan fingerprint density at radius 2 is 1.66 bits per heavy atom. The van der Waals surface area contributed by atoms with E-state index in [0.717, 1.165) is 24.0 Å². The molecule has 184 valence electrons. The molecule has 3 aromatic rings. The molecule has 1 saturated heterocycles. The normalized spacial score (nSPS) is 17.4. The second-order valence-electron chi connectivity index (χ2n) is 9.08. The average molecular weight is 515 g/mol. The topological polar surface area (TPSA) is 118 Å². The van der Waals surface area contributed by atoms with Gasteiger partial charge in [-0.1, -0.05) is 6.07 Å². The predicted octanol–water partition coefficient (Wildman–Crippen LogP) is 2.95. The molecule has 0 bridgehead atoms. The number of aromatic nitrogens is 2. The van der Waals surface area contributed by atoms with E-state index in [1.54, 1.807) is 4.68 Å². The van der Waals surface area contributed by atoms with Crippen LogP contribution in [0.2, 0.25) is 0 Å².